The average Bonchev–Trinajstić information content (AvgIpc) is 2.69. The molecule has 0 aliphatic carbocycles. The van der Waals surface area contributed by atoms with Gasteiger partial charge >= 0.3 is 29.6 Å². The van der Waals surface area contributed by atoms with Crippen molar-refractivity contribution in [3.63, 3.8) is 0 Å². The van der Waals surface area contributed by atoms with Crippen molar-refractivity contribution in [1.29, 1.82) is 0 Å². The van der Waals surface area contributed by atoms with Crippen LogP contribution in [-0.4, -0.2) is 59.0 Å². The molecule has 0 aromatic carbocycles. The molecule has 3 aliphatic heterocycles. The van der Waals surface area contributed by atoms with Crippen molar-refractivity contribution >= 4 is 17.8 Å². The number of carboxylic acid groups (broad SMARTS) is 1. The monoisotopic (exact) mass is 248 g/mol. The van der Waals surface area contributed by atoms with Crippen molar-refractivity contribution in [2.75, 3.05) is 13.1 Å². The van der Waals surface area contributed by atoms with Crippen LogP contribution in [0.5, 0.6) is 0 Å². The maximum Gasteiger partial charge on any atom is 1.00 e. The van der Waals surface area contributed by atoms with E-state index < -0.39 is 18.6 Å². The number of nitrogens with zero attached hydrogens (tertiary/aromatic N) is 2. The SMILES string of the molecule is O=C([O-])CN1C(=O)C1C1CN2C(=O)CC2O1.[Na+]. The van der Waals surface area contributed by atoms with Crippen LogP contribution in [0.3, 0.4) is 0 Å². The van der Waals surface area contributed by atoms with Crippen LogP contribution in [0.15, 0.2) is 0 Å². The molecule has 17 heavy (non-hydrogen) atoms. The smallest absolute Gasteiger partial charge is 0.548 e. The Bertz CT molecular complexity index is 401. The molecule has 0 spiro atoms. The molecule has 3 rings (SSSR count). The van der Waals surface area contributed by atoms with Crippen LogP contribution in [0.4, 0.5) is 0 Å². The molecule has 8 heteroatoms. The summed E-state index contributed by atoms with van der Waals surface area (Å²) in [4.78, 5) is 35.5. The number of rotatable bonds is 3. The van der Waals surface area contributed by atoms with E-state index in [-0.39, 0.29) is 53.7 Å². The first-order chi connectivity index (χ1) is 7.58. The molecule has 0 aromatic heterocycles. The predicted octanol–water partition coefficient (Wildman–Crippen LogP) is -6.09. The second-order valence-electron chi connectivity index (χ2n) is 4.16. The fourth-order valence-corrected chi connectivity index (χ4v) is 2.28. The summed E-state index contributed by atoms with van der Waals surface area (Å²) in [5.41, 5.74) is 0. The minimum Gasteiger partial charge on any atom is -0.548 e. The van der Waals surface area contributed by atoms with E-state index in [0.29, 0.717) is 13.0 Å². The summed E-state index contributed by atoms with van der Waals surface area (Å²) in [7, 11) is 0. The number of β-lactam (4-membered cyclic amide) rings is 1. The van der Waals surface area contributed by atoms with Gasteiger partial charge in [-0.2, -0.15) is 0 Å². The van der Waals surface area contributed by atoms with Gasteiger partial charge in [-0.25, -0.2) is 0 Å². The van der Waals surface area contributed by atoms with Gasteiger partial charge in [0, 0.05) is 0 Å². The Balaban J connectivity index is 0.00000108. The molecular formula is C9H9N2NaO5. The van der Waals surface area contributed by atoms with E-state index in [4.69, 9.17) is 4.74 Å². The van der Waals surface area contributed by atoms with Crippen molar-refractivity contribution < 1.29 is 53.8 Å². The van der Waals surface area contributed by atoms with Gasteiger partial charge in [-0.15, -0.1) is 0 Å². The largest absolute Gasteiger partial charge is 1.00 e. The van der Waals surface area contributed by atoms with E-state index in [2.05, 4.69) is 0 Å². The van der Waals surface area contributed by atoms with E-state index in [9.17, 15) is 19.5 Å². The summed E-state index contributed by atoms with van der Waals surface area (Å²) in [5.74, 6) is -1.51. The second kappa shape index (κ2) is 4.24. The van der Waals surface area contributed by atoms with Crippen LogP contribution in [0.2, 0.25) is 0 Å². The van der Waals surface area contributed by atoms with Crippen molar-refractivity contribution in [3.8, 4) is 0 Å². The van der Waals surface area contributed by atoms with Crippen LogP contribution in [0.25, 0.3) is 0 Å². The van der Waals surface area contributed by atoms with Gasteiger partial charge < -0.3 is 24.4 Å². The first-order valence-electron chi connectivity index (χ1n) is 5.03. The van der Waals surface area contributed by atoms with E-state index in [1.807, 2.05) is 0 Å². The predicted molar refractivity (Wildman–Crippen MR) is 45.5 cm³/mol. The number of ether oxygens (including phenoxy) is 1. The van der Waals surface area contributed by atoms with Gasteiger partial charge in [0.1, 0.15) is 18.4 Å². The fourth-order valence-electron chi connectivity index (χ4n) is 2.28. The summed E-state index contributed by atoms with van der Waals surface area (Å²) in [5, 5.41) is 10.3. The van der Waals surface area contributed by atoms with Crippen LogP contribution < -0.4 is 34.7 Å². The Kier molecular flexibility index (Phi) is 3.19. The molecule has 0 saturated carbocycles. The molecule has 3 fully saturated rings. The normalized spacial score (nSPS) is 34.0. The summed E-state index contributed by atoms with van der Waals surface area (Å²) < 4.78 is 5.47. The van der Waals surface area contributed by atoms with Crippen molar-refractivity contribution in [3.05, 3.63) is 0 Å². The van der Waals surface area contributed by atoms with Crippen molar-refractivity contribution in [2.45, 2.75) is 24.8 Å². The quantitative estimate of drug-likeness (QED) is 0.282. The van der Waals surface area contributed by atoms with E-state index in [1.165, 1.54) is 4.90 Å². The first-order valence-corrected chi connectivity index (χ1v) is 5.03. The van der Waals surface area contributed by atoms with Gasteiger partial charge in [-0.3, -0.25) is 9.59 Å². The van der Waals surface area contributed by atoms with Crippen LogP contribution in [0, 0.1) is 0 Å². The Morgan fingerprint density at radius 2 is 2.18 bits per heavy atom. The molecule has 7 nitrogen and oxygen atoms in total. The van der Waals surface area contributed by atoms with Gasteiger partial charge in [0.15, 0.2) is 0 Å². The standard InChI is InChI=1S/C9H10N2O5.Na/c12-5-1-6-10(5)2-4(16-6)8-9(15)11(8)3-7(13)14;/h4,6,8H,1-3H2,(H,13,14);/q;+1/p-1. The first kappa shape index (κ1) is 12.8. The molecule has 0 N–H and O–H groups in total. The molecule has 3 unspecified atom stereocenters. The Labute approximate surface area is 119 Å². The van der Waals surface area contributed by atoms with E-state index in [0.717, 1.165) is 0 Å². The number of fused-ring (bicyclic) bond motifs is 1. The maximum absolute atomic E-state index is 11.3. The number of aliphatic carboxylic acids is 1. The van der Waals surface area contributed by atoms with E-state index >= 15 is 0 Å². The number of amides is 2. The minimum atomic E-state index is -1.28. The van der Waals surface area contributed by atoms with Gasteiger partial charge in [0.05, 0.1) is 25.5 Å². The zero-order valence-corrected chi connectivity index (χ0v) is 11.3. The number of hydrogen-bond acceptors (Lipinski definition) is 5. The zero-order chi connectivity index (χ0) is 11.4. The number of carboxylic acids is 1. The van der Waals surface area contributed by atoms with Crippen molar-refractivity contribution in [2.24, 2.45) is 0 Å². The average molecular weight is 248 g/mol. The molecular weight excluding hydrogens is 239 g/mol. The molecule has 86 valence electrons. The van der Waals surface area contributed by atoms with Gasteiger partial charge in [-0.1, -0.05) is 0 Å². The third-order valence-corrected chi connectivity index (χ3v) is 3.18. The fraction of sp³-hybridized carbons (Fsp3) is 0.667. The maximum atomic E-state index is 11.3. The Morgan fingerprint density at radius 1 is 1.47 bits per heavy atom. The van der Waals surface area contributed by atoms with Gasteiger partial charge in [0.25, 0.3) is 0 Å². The summed E-state index contributed by atoms with van der Waals surface area (Å²) >= 11 is 0. The molecule has 3 heterocycles. The molecule has 0 bridgehead atoms. The second-order valence-corrected chi connectivity index (χ2v) is 4.16. The minimum absolute atomic E-state index is 0. The number of carbonyl (C=O) groups is 3. The molecule has 0 aromatic rings. The van der Waals surface area contributed by atoms with Gasteiger partial charge in [0.2, 0.25) is 11.8 Å². The van der Waals surface area contributed by atoms with Crippen LogP contribution in [-0.2, 0) is 19.1 Å². The van der Waals surface area contributed by atoms with Gasteiger partial charge in [-0.05, 0) is 0 Å². The molecule has 3 aliphatic rings. The van der Waals surface area contributed by atoms with E-state index in [1.54, 1.807) is 4.90 Å². The Hall–Kier alpha value is -0.630. The summed E-state index contributed by atoms with van der Waals surface area (Å²) in [6.07, 6.45) is -0.239. The molecule has 3 atom stereocenters. The third kappa shape index (κ3) is 1.97. The third-order valence-electron chi connectivity index (χ3n) is 3.18. The zero-order valence-electron chi connectivity index (χ0n) is 9.29. The molecule has 2 amide bonds. The van der Waals surface area contributed by atoms with Crippen molar-refractivity contribution in [1.82, 2.24) is 9.80 Å². The topological polar surface area (TPSA) is 89.8 Å². The number of hydrogen-bond donors (Lipinski definition) is 0. The number of carbonyl (C=O) groups excluding carboxylic acids is 3. The molecule has 3 saturated heterocycles. The Morgan fingerprint density at radius 3 is 2.71 bits per heavy atom. The van der Waals surface area contributed by atoms with Crippen LogP contribution >= 0.6 is 0 Å². The molecule has 0 radical (unpaired) electrons. The van der Waals surface area contributed by atoms with Crippen LogP contribution in [0.1, 0.15) is 6.42 Å². The summed E-state index contributed by atoms with van der Waals surface area (Å²) in [6, 6.07) is -0.517. The summed E-state index contributed by atoms with van der Waals surface area (Å²) in [6.45, 7) is -0.0224.